The molecule has 0 fully saturated rings. The van der Waals surface area contributed by atoms with Gasteiger partial charge in [0.2, 0.25) is 0 Å². The van der Waals surface area contributed by atoms with E-state index in [2.05, 4.69) is 0 Å². The van der Waals surface area contributed by atoms with Gasteiger partial charge in [-0.05, 0) is 18.2 Å². The Balaban J connectivity index is 3.35. The summed E-state index contributed by atoms with van der Waals surface area (Å²) in [6, 6.07) is 2.60. The summed E-state index contributed by atoms with van der Waals surface area (Å²) in [4.78, 5) is 10.1. The van der Waals surface area contributed by atoms with Crippen LogP contribution in [-0.4, -0.2) is 19.5 Å². The molecule has 13 heavy (non-hydrogen) atoms. The zero-order valence-electron chi connectivity index (χ0n) is 6.23. The molecule has 0 atom stereocenters. The third kappa shape index (κ3) is 2.03. The minimum Gasteiger partial charge on any atom is -0.478 e. The molecule has 0 aliphatic carbocycles. The van der Waals surface area contributed by atoms with Gasteiger partial charge < -0.3 is 5.11 Å². The highest BCUT2D eigenvalue weighted by atomic mass is 32.2. The first-order valence-electron chi connectivity index (χ1n) is 3.19. The van der Waals surface area contributed by atoms with Crippen LogP contribution in [0.3, 0.4) is 0 Å². The highest BCUT2D eigenvalue weighted by molar-refractivity contribution is 7.72. The zero-order valence-corrected chi connectivity index (χ0v) is 7.12. The van der Waals surface area contributed by atoms with Crippen LogP contribution in [0.4, 0.5) is 4.39 Å². The van der Waals surface area contributed by atoms with E-state index in [-0.39, 0.29) is 4.90 Å². The molecule has 1 N–H and O–H groups in total. The molecule has 4 nitrogen and oxygen atoms in total. The fourth-order valence-electron chi connectivity index (χ4n) is 0.791. The lowest BCUT2D eigenvalue weighted by molar-refractivity contribution is 0.0691. The Labute approximate surface area is 74.6 Å². The van der Waals surface area contributed by atoms with Crippen molar-refractivity contribution >= 4 is 16.7 Å². The number of hydrogen-bond acceptors (Lipinski definition) is 3. The average molecular weight is 204 g/mol. The molecule has 0 bridgehead atoms. The smallest absolute Gasteiger partial charge is 0.338 e. The van der Waals surface area contributed by atoms with Crippen LogP contribution in [0.5, 0.6) is 0 Å². The van der Waals surface area contributed by atoms with E-state index in [0.717, 1.165) is 18.2 Å². The second-order valence-corrected chi connectivity index (χ2v) is 3.26. The maximum Gasteiger partial charge on any atom is 0.338 e. The summed E-state index contributed by atoms with van der Waals surface area (Å²) in [5, 5.41) is 8.43. The summed E-state index contributed by atoms with van der Waals surface area (Å²) < 4.78 is 33.5. The minimum atomic E-state index is -2.88. The van der Waals surface area contributed by atoms with Crippen LogP contribution in [0, 0.1) is 5.82 Å². The number of thiol groups is 1. The number of carboxylic acids is 1. The van der Waals surface area contributed by atoms with E-state index in [1.807, 2.05) is 0 Å². The summed E-state index contributed by atoms with van der Waals surface area (Å²) in [5.74, 6) is -2.44. The van der Waals surface area contributed by atoms with Gasteiger partial charge in [-0.15, -0.1) is 0 Å². The molecule has 1 aromatic rings. The van der Waals surface area contributed by atoms with Crippen molar-refractivity contribution in [2.75, 3.05) is 0 Å². The van der Waals surface area contributed by atoms with Gasteiger partial charge in [-0.1, -0.05) is 0 Å². The van der Waals surface area contributed by atoms with Gasteiger partial charge in [0.05, 0.1) is 10.5 Å². The Morgan fingerprint density at radius 2 is 2.00 bits per heavy atom. The monoisotopic (exact) mass is 204 g/mol. The molecule has 0 heterocycles. The Hall–Kier alpha value is -1.43. The largest absolute Gasteiger partial charge is 0.478 e. The average Bonchev–Trinajstić information content (AvgIpc) is 2.04. The summed E-state index contributed by atoms with van der Waals surface area (Å²) in [6.45, 7) is 0. The van der Waals surface area contributed by atoms with Crippen molar-refractivity contribution in [3.8, 4) is 0 Å². The molecule has 1 rings (SSSR count). The molecule has 0 saturated heterocycles. The summed E-state index contributed by atoms with van der Waals surface area (Å²) >= 11 is 0. The Bertz CT molecular complexity index is 417. The predicted molar refractivity (Wildman–Crippen MR) is 41.9 cm³/mol. The third-order valence-corrected chi connectivity index (χ3v) is 2.09. The van der Waals surface area contributed by atoms with Crippen molar-refractivity contribution in [3.05, 3.63) is 29.6 Å². The van der Waals surface area contributed by atoms with Crippen molar-refractivity contribution in [1.82, 2.24) is 0 Å². The molecule has 0 radical (unpaired) electrons. The van der Waals surface area contributed by atoms with Gasteiger partial charge >= 0.3 is 5.97 Å². The van der Waals surface area contributed by atoms with E-state index >= 15 is 0 Å². The van der Waals surface area contributed by atoms with Crippen LogP contribution in [0.25, 0.3) is 0 Å². The first-order chi connectivity index (χ1) is 6.02. The first kappa shape index (κ1) is 9.66. The van der Waals surface area contributed by atoms with Gasteiger partial charge in [-0.3, -0.25) is 0 Å². The molecule has 0 aromatic heterocycles. The highest BCUT2D eigenvalue weighted by Crippen LogP contribution is 2.11. The number of rotatable bonds is 2. The van der Waals surface area contributed by atoms with Crippen LogP contribution in [0.2, 0.25) is 0 Å². The molecule has 1 aromatic carbocycles. The Kier molecular flexibility index (Phi) is 2.62. The minimum absolute atomic E-state index is 0.214. The number of carboxylic acid groups (broad SMARTS) is 1. The number of halogens is 1. The maximum atomic E-state index is 12.7. The predicted octanol–water partition coefficient (Wildman–Crippen LogP) is 0.494. The van der Waals surface area contributed by atoms with Crippen LogP contribution >= 0.6 is 0 Å². The molecular weight excluding hydrogens is 199 g/mol. The van der Waals surface area contributed by atoms with Crippen molar-refractivity contribution in [2.45, 2.75) is 4.90 Å². The second kappa shape index (κ2) is 3.53. The molecular formula is C7H5FO4S. The van der Waals surface area contributed by atoms with Gasteiger partial charge in [0.15, 0.2) is 10.7 Å². The third-order valence-electron chi connectivity index (χ3n) is 1.39. The lowest BCUT2D eigenvalue weighted by atomic mass is 10.2. The maximum absolute atomic E-state index is 12.7. The fraction of sp³-hybridized carbons (Fsp3) is 0. The van der Waals surface area contributed by atoms with Gasteiger partial charge in [0, 0.05) is 0 Å². The number of hydrogen-bond donors (Lipinski definition) is 2. The summed E-state index contributed by atoms with van der Waals surface area (Å²) in [7, 11) is -2.88. The Morgan fingerprint density at radius 3 is 2.46 bits per heavy atom. The first-order valence-corrected chi connectivity index (χ1v) is 4.37. The fourth-order valence-corrected chi connectivity index (χ4v) is 1.22. The van der Waals surface area contributed by atoms with Crippen LogP contribution in [0.15, 0.2) is 23.1 Å². The quantitative estimate of drug-likeness (QED) is 0.688. The van der Waals surface area contributed by atoms with E-state index in [9.17, 15) is 17.6 Å². The molecule has 6 heteroatoms. The normalized spacial score (nSPS) is 10.3. The van der Waals surface area contributed by atoms with Crippen molar-refractivity contribution < 1.29 is 22.7 Å². The van der Waals surface area contributed by atoms with E-state index in [0.29, 0.717) is 0 Å². The van der Waals surface area contributed by atoms with Gasteiger partial charge in [0.25, 0.3) is 0 Å². The molecule has 0 unspecified atom stereocenters. The topological polar surface area (TPSA) is 71.4 Å². The van der Waals surface area contributed by atoms with Gasteiger partial charge in [-0.2, -0.15) is 0 Å². The standard InChI is InChI=1S/C7H5FO4S/c8-6-2-1-4(13(11)12)3-5(6)7(9)10/h1-3,13H,(H,9,10). The molecule has 0 saturated carbocycles. The van der Waals surface area contributed by atoms with E-state index in [1.54, 1.807) is 0 Å². The van der Waals surface area contributed by atoms with E-state index in [4.69, 9.17) is 5.11 Å². The molecule has 0 aliphatic heterocycles. The van der Waals surface area contributed by atoms with Crippen molar-refractivity contribution in [3.63, 3.8) is 0 Å². The second-order valence-electron chi connectivity index (χ2n) is 2.23. The van der Waals surface area contributed by atoms with Crippen molar-refractivity contribution in [1.29, 1.82) is 0 Å². The molecule has 0 aliphatic rings. The van der Waals surface area contributed by atoms with Crippen molar-refractivity contribution in [2.24, 2.45) is 0 Å². The summed E-state index contributed by atoms with van der Waals surface area (Å²) in [6.07, 6.45) is 0. The number of benzene rings is 1. The van der Waals surface area contributed by atoms with E-state index < -0.39 is 28.1 Å². The van der Waals surface area contributed by atoms with E-state index in [1.165, 1.54) is 0 Å². The molecule has 0 amide bonds. The SMILES string of the molecule is O=C(O)c1cc([SH](=O)=O)ccc1F. The Morgan fingerprint density at radius 1 is 1.38 bits per heavy atom. The van der Waals surface area contributed by atoms with Crippen LogP contribution in [0.1, 0.15) is 10.4 Å². The van der Waals surface area contributed by atoms with Crippen LogP contribution in [-0.2, 0) is 10.7 Å². The van der Waals surface area contributed by atoms with Gasteiger partial charge in [-0.25, -0.2) is 17.6 Å². The molecule has 70 valence electrons. The number of carbonyl (C=O) groups is 1. The summed E-state index contributed by atoms with van der Waals surface area (Å²) in [5.41, 5.74) is -0.642. The number of aromatic carboxylic acids is 1. The zero-order chi connectivity index (χ0) is 10.0. The molecule has 0 spiro atoms. The van der Waals surface area contributed by atoms with Crippen LogP contribution < -0.4 is 0 Å². The lowest BCUT2D eigenvalue weighted by Crippen LogP contribution is -2.01. The van der Waals surface area contributed by atoms with Gasteiger partial charge in [0.1, 0.15) is 5.82 Å². The lowest BCUT2D eigenvalue weighted by Gasteiger charge is -1.96. The highest BCUT2D eigenvalue weighted by Gasteiger charge is 2.11.